The quantitative estimate of drug-likeness (QED) is 0.525. The lowest BCUT2D eigenvalue weighted by molar-refractivity contribution is -0.140. The molecule has 0 spiro atoms. The van der Waals surface area contributed by atoms with Crippen LogP contribution in [0.1, 0.15) is 12.1 Å². The van der Waals surface area contributed by atoms with E-state index in [9.17, 15) is 22.0 Å². The molecule has 1 aliphatic carbocycles. The van der Waals surface area contributed by atoms with Crippen molar-refractivity contribution in [1.82, 2.24) is 14.9 Å². The monoisotopic (exact) mass is 442 g/mol. The number of benzene rings is 1. The molecule has 0 radical (unpaired) electrons. The Morgan fingerprint density at radius 1 is 1.27 bits per heavy atom. The van der Waals surface area contributed by atoms with Crippen LogP contribution in [0, 0.1) is 5.82 Å². The van der Waals surface area contributed by atoms with Crippen LogP contribution in [0.15, 0.2) is 47.1 Å². The van der Waals surface area contributed by atoms with Gasteiger partial charge in [-0.2, -0.15) is 18.3 Å². The molecule has 0 fully saturated rings. The van der Waals surface area contributed by atoms with Gasteiger partial charge in [-0.05, 0) is 24.3 Å². The average molecular weight is 443 g/mol. The van der Waals surface area contributed by atoms with Gasteiger partial charge in [-0.15, -0.1) is 0 Å². The van der Waals surface area contributed by atoms with Gasteiger partial charge in [0, 0.05) is 12.6 Å². The zero-order valence-electron chi connectivity index (χ0n) is 14.9. The molecular weight excluding hydrogens is 431 g/mol. The van der Waals surface area contributed by atoms with E-state index in [4.69, 9.17) is 21.9 Å². The first kappa shape index (κ1) is 20.1. The molecule has 30 heavy (non-hydrogen) atoms. The number of aromatic nitrogens is 3. The van der Waals surface area contributed by atoms with Crippen LogP contribution >= 0.6 is 11.6 Å². The van der Waals surface area contributed by atoms with E-state index in [1.807, 2.05) is 0 Å². The minimum atomic E-state index is -4.87. The van der Waals surface area contributed by atoms with Gasteiger partial charge in [0.05, 0.1) is 21.8 Å². The molecule has 4 rings (SSSR count). The normalized spacial score (nSPS) is 16.7. The maximum absolute atomic E-state index is 14.2. The minimum absolute atomic E-state index is 0.0419. The van der Waals surface area contributed by atoms with E-state index in [0.717, 1.165) is 23.0 Å². The van der Waals surface area contributed by atoms with Gasteiger partial charge in [0.25, 0.3) is 0 Å². The smallest absolute Gasteiger partial charge is 0.394 e. The molecule has 5 nitrogen and oxygen atoms in total. The highest BCUT2D eigenvalue weighted by Gasteiger charge is 2.40. The number of nitrogens with zero attached hydrogens (tertiary/aromatic N) is 3. The van der Waals surface area contributed by atoms with Crippen molar-refractivity contribution in [2.24, 2.45) is 0 Å². The Kier molecular flexibility index (Phi) is 4.89. The number of nitrogens with two attached hydrogens (primary N) is 1. The van der Waals surface area contributed by atoms with Gasteiger partial charge in [-0.25, -0.2) is 13.5 Å². The van der Waals surface area contributed by atoms with Crippen LogP contribution in [0.3, 0.4) is 0 Å². The van der Waals surface area contributed by atoms with Crippen molar-refractivity contribution in [3.8, 4) is 22.6 Å². The molecule has 0 bridgehead atoms. The van der Waals surface area contributed by atoms with E-state index in [0.29, 0.717) is 0 Å². The molecule has 0 saturated carbocycles. The van der Waals surface area contributed by atoms with Crippen LogP contribution in [0.2, 0.25) is 5.02 Å². The summed E-state index contributed by atoms with van der Waals surface area (Å²) >= 11 is 5.99. The van der Waals surface area contributed by atoms with E-state index in [2.05, 4.69) is 10.3 Å². The Morgan fingerprint density at radius 2 is 2.03 bits per heavy atom. The van der Waals surface area contributed by atoms with Crippen molar-refractivity contribution >= 4 is 23.0 Å². The fraction of sp³-hybridized carbons (Fsp3) is 0.158. The summed E-state index contributed by atoms with van der Waals surface area (Å²) < 4.78 is 74.6. The van der Waals surface area contributed by atoms with Crippen molar-refractivity contribution < 1.29 is 26.5 Å². The van der Waals surface area contributed by atoms with E-state index in [-0.39, 0.29) is 34.1 Å². The summed E-state index contributed by atoms with van der Waals surface area (Å²) in [6, 6.07) is 3.83. The summed E-state index contributed by atoms with van der Waals surface area (Å²) in [7, 11) is 0. The van der Waals surface area contributed by atoms with E-state index < -0.39 is 35.2 Å². The SMILES string of the molecule is Nc1c(-c2c(F)cccc2Cl)noc1-c1cn(C2=CC(F)CC=C2)nc1C(F)(F)F. The van der Waals surface area contributed by atoms with E-state index >= 15 is 0 Å². The van der Waals surface area contributed by atoms with Crippen LogP contribution in [0.25, 0.3) is 28.3 Å². The second kappa shape index (κ2) is 7.28. The third-order valence-corrected chi connectivity index (χ3v) is 4.74. The molecule has 11 heteroatoms. The number of allylic oxidation sites excluding steroid dienone is 4. The molecule has 3 aromatic rings. The van der Waals surface area contributed by atoms with Gasteiger partial charge >= 0.3 is 6.18 Å². The van der Waals surface area contributed by atoms with Crippen molar-refractivity contribution in [2.45, 2.75) is 18.8 Å². The molecule has 0 amide bonds. The maximum Gasteiger partial charge on any atom is 0.435 e. The molecule has 1 aromatic carbocycles. The van der Waals surface area contributed by atoms with Gasteiger partial charge in [0.1, 0.15) is 23.4 Å². The van der Waals surface area contributed by atoms with Gasteiger partial charge in [0.2, 0.25) is 0 Å². The Morgan fingerprint density at radius 3 is 2.70 bits per heavy atom. The first-order chi connectivity index (χ1) is 14.2. The number of nitrogen functional groups attached to an aromatic ring is 1. The van der Waals surface area contributed by atoms with E-state index in [1.54, 1.807) is 0 Å². The molecular formula is C19H12ClF5N4O. The summed E-state index contributed by atoms with van der Waals surface area (Å²) in [6.07, 6.45) is -1.03. The third-order valence-electron chi connectivity index (χ3n) is 4.42. The van der Waals surface area contributed by atoms with Crippen molar-refractivity contribution in [1.29, 1.82) is 0 Å². The first-order valence-corrected chi connectivity index (χ1v) is 8.94. The number of halogens is 6. The topological polar surface area (TPSA) is 69.9 Å². The number of alkyl halides is 4. The summed E-state index contributed by atoms with van der Waals surface area (Å²) in [5.74, 6) is -1.23. The van der Waals surface area contributed by atoms with Gasteiger partial charge < -0.3 is 10.3 Å². The predicted molar refractivity (Wildman–Crippen MR) is 100 cm³/mol. The number of rotatable bonds is 3. The van der Waals surface area contributed by atoms with Gasteiger partial charge in [-0.1, -0.05) is 28.9 Å². The number of anilines is 1. The summed E-state index contributed by atoms with van der Waals surface area (Å²) in [5, 5.41) is 7.12. The molecule has 2 heterocycles. The Bertz CT molecular complexity index is 1160. The van der Waals surface area contributed by atoms with Crippen molar-refractivity contribution in [3.05, 3.63) is 59.2 Å². The second-order valence-electron chi connectivity index (χ2n) is 6.45. The summed E-state index contributed by atoms with van der Waals surface area (Å²) in [6.45, 7) is 0. The van der Waals surface area contributed by atoms with Gasteiger partial charge in [0.15, 0.2) is 11.5 Å². The molecule has 156 valence electrons. The van der Waals surface area contributed by atoms with Crippen LogP contribution in [0.5, 0.6) is 0 Å². The lowest BCUT2D eigenvalue weighted by Crippen LogP contribution is -2.10. The highest BCUT2D eigenvalue weighted by Crippen LogP contribution is 2.43. The number of hydrogen-bond donors (Lipinski definition) is 1. The average Bonchev–Trinajstić information content (AvgIpc) is 3.26. The molecule has 2 N–H and O–H groups in total. The summed E-state index contributed by atoms with van der Waals surface area (Å²) in [4.78, 5) is 0. The fourth-order valence-electron chi connectivity index (χ4n) is 3.06. The van der Waals surface area contributed by atoms with Crippen molar-refractivity contribution in [3.63, 3.8) is 0 Å². The van der Waals surface area contributed by atoms with Crippen LogP contribution < -0.4 is 5.73 Å². The molecule has 1 atom stereocenters. The predicted octanol–water partition coefficient (Wildman–Crippen LogP) is 5.74. The third kappa shape index (κ3) is 3.47. The van der Waals surface area contributed by atoms with Gasteiger partial charge in [-0.3, -0.25) is 0 Å². The highest BCUT2D eigenvalue weighted by atomic mass is 35.5. The molecule has 2 aromatic heterocycles. The largest absolute Gasteiger partial charge is 0.435 e. The molecule has 0 saturated heterocycles. The lowest BCUT2D eigenvalue weighted by atomic mass is 10.1. The highest BCUT2D eigenvalue weighted by molar-refractivity contribution is 6.33. The molecule has 1 unspecified atom stereocenters. The Hall–Kier alpha value is -3.14. The Balaban J connectivity index is 1.87. The minimum Gasteiger partial charge on any atom is -0.394 e. The zero-order valence-corrected chi connectivity index (χ0v) is 15.7. The Labute approximate surface area is 171 Å². The fourth-order valence-corrected chi connectivity index (χ4v) is 3.31. The standard InChI is InChI=1S/C19H12ClF5N4O/c20-12-5-2-6-13(22)14(12)16-15(26)17(30-28-16)11-8-29(27-18(11)19(23,24)25)10-4-1-3-9(21)7-10/h1-2,4-9H,3,26H2. The lowest BCUT2D eigenvalue weighted by Gasteiger charge is -2.09. The molecule has 1 aliphatic rings. The second-order valence-corrected chi connectivity index (χ2v) is 6.86. The molecule has 0 aliphatic heterocycles. The van der Waals surface area contributed by atoms with E-state index in [1.165, 1.54) is 24.3 Å². The first-order valence-electron chi connectivity index (χ1n) is 8.56. The van der Waals surface area contributed by atoms with Crippen molar-refractivity contribution in [2.75, 3.05) is 5.73 Å². The summed E-state index contributed by atoms with van der Waals surface area (Å²) in [5.41, 5.74) is 3.44. The van der Waals surface area contributed by atoms with Crippen LogP contribution in [-0.2, 0) is 6.18 Å². The zero-order chi connectivity index (χ0) is 21.6. The van der Waals surface area contributed by atoms with Crippen LogP contribution in [0.4, 0.5) is 27.6 Å². The number of hydrogen-bond acceptors (Lipinski definition) is 4. The van der Waals surface area contributed by atoms with Crippen LogP contribution in [-0.4, -0.2) is 21.1 Å². The maximum atomic E-state index is 14.2.